The molecule has 2 unspecified atom stereocenters. The Bertz CT molecular complexity index is 1100. The number of benzene rings is 3. The lowest BCUT2D eigenvalue weighted by Crippen LogP contribution is -2.45. The third-order valence-corrected chi connectivity index (χ3v) is 5.28. The summed E-state index contributed by atoms with van der Waals surface area (Å²) in [5, 5.41) is 13.9. The largest absolute Gasteiger partial charge is 0.346 e. The molecule has 0 aromatic heterocycles. The number of amides is 1. The van der Waals surface area contributed by atoms with Gasteiger partial charge in [0.2, 0.25) is 0 Å². The van der Waals surface area contributed by atoms with Crippen molar-refractivity contribution in [2.24, 2.45) is 0 Å². The number of carbonyl (C=O) groups excluding carboxylic acids is 1. The highest BCUT2D eigenvalue weighted by Crippen LogP contribution is 2.19. The van der Waals surface area contributed by atoms with Crippen LogP contribution in [0.4, 0.5) is 5.69 Å². The monoisotopic (exact) mass is 429 g/mol. The summed E-state index contributed by atoms with van der Waals surface area (Å²) in [5.41, 5.74) is 6.44. The maximum Gasteiger partial charge on any atom is 0.269 e. The lowest BCUT2D eigenvalue weighted by Gasteiger charge is -2.23. The molecule has 3 aromatic carbocycles. The highest BCUT2D eigenvalue weighted by atomic mass is 16.7. The molecule has 1 aliphatic rings. The van der Waals surface area contributed by atoms with Gasteiger partial charge < -0.3 is 5.32 Å². The summed E-state index contributed by atoms with van der Waals surface area (Å²) in [7, 11) is 0. The number of rotatable bonds is 8. The predicted molar refractivity (Wildman–Crippen MR) is 121 cm³/mol. The standard InChI is InChI=1S/C25H23N3O4/c29-25(20-11-13-22(14-12-20)28(30)31)26-23(16-19-9-5-2-6-10-19)24-17-21(27-32-24)15-18-7-3-1-4-8-18/h1-14,17,23-24,27H,15-16H2,(H,26,29). The topological polar surface area (TPSA) is 93.5 Å². The predicted octanol–water partition coefficient (Wildman–Crippen LogP) is 3.97. The van der Waals surface area contributed by atoms with Gasteiger partial charge in [0.1, 0.15) is 6.10 Å². The lowest BCUT2D eigenvalue weighted by molar-refractivity contribution is -0.384. The molecule has 0 aliphatic carbocycles. The van der Waals surface area contributed by atoms with Crippen LogP contribution in [0.25, 0.3) is 0 Å². The second-order valence-corrected chi connectivity index (χ2v) is 7.61. The molecule has 0 radical (unpaired) electrons. The molecule has 2 atom stereocenters. The maximum atomic E-state index is 12.9. The van der Waals surface area contributed by atoms with Crippen molar-refractivity contribution in [1.82, 2.24) is 10.8 Å². The fourth-order valence-corrected chi connectivity index (χ4v) is 3.62. The van der Waals surface area contributed by atoms with Crippen molar-refractivity contribution in [2.75, 3.05) is 0 Å². The van der Waals surface area contributed by atoms with Gasteiger partial charge in [0.05, 0.1) is 11.0 Å². The van der Waals surface area contributed by atoms with Gasteiger partial charge in [0.15, 0.2) is 0 Å². The number of hydrogen-bond acceptors (Lipinski definition) is 5. The van der Waals surface area contributed by atoms with Gasteiger partial charge in [-0.2, -0.15) is 0 Å². The molecule has 0 fully saturated rings. The van der Waals surface area contributed by atoms with Crippen molar-refractivity contribution in [3.05, 3.63) is 124 Å². The fraction of sp³-hybridized carbons (Fsp3) is 0.160. The Balaban J connectivity index is 1.51. The minimum atomic E-state index is -0.489. The summed E-state index contributed by atoms with van der Waals surface area (Å²) in [4.78, 5) is 29.1. The van der Waals surface area contributed by atoms with E-state index in [0.717, 1.165) is 16.8 Å². The second-order valence-electron chi connectivity index (χ2n) is 7.61. The van der Waals surface area contributed by atoms with Gasteiger partial charge in [-0.05, 0) is 35.8 Å². The summed E-state index contributed by atoms with van der Waals surface area (Å²) in [6.07, 6.45) is 2.90. The van der Waals surface area contributed by atoms with Crippen molar-refractivity contribution in [3.8, 4) is 0 Å². The van der Waals surface area contributed by atoms with Crippen molar-refractivity contribution in [3.63, 3.8) is 0 Å². The maximum absolute atomic E-state index is 12.9. The van der Waals surface area contributed by atoms with Crippen LogP contribution in [0, 0.1) is 10.1 Å². The van der Waals surface area contributed by atoms with E-state index in [1.54, 1.807) is 0 Å². The summed E-state index contributed by atoms with van der Waals surface area (Å²) in [6, 6.07) is 25.1. The van der Waals surface area contributed by atoms with Gasteiger partial charge in [-0.1, -0.05) is 60.7 Å². The van der Waals surface area contributed by atoms with Crippen LogP contribution < -0.4 is 10.8 Å². The SMILES string of the molecule is O=C(NC(Cc1ccccc1)C1C=C(Cc2ccccc2)NO1)c1ccc([N+](=O)[O-])cc1. The van der Waals surface area contributed by atoms with Crippen LogP contribution in [0.5, 0.6) is 0 Å². The number of allylic oxidation sites excluding steroid dienone is 1. The molecule has 0 saturated carbocycles. The smallest absolute Gasteiger partial charge is 0.269 e. The first-order chi connectivity index (χ1) is 15.6. The zero-order valence-corrected chi connectivity index (χ0v) is 17.3. The van der Waals surface area contributed by atoms with E-state index in [1.807, 2.05) is 66.7 Å². The molecular formula is C25H23N3O4. The van der Waals surface area contributed by atoms with Crippen molar-refractivity contribution in [2.45, 2.75) is 25.0 Å². The average molecular weight is 429 g/mol. The van der Waals surface area contributed by atoms with Crippen LogP contribution in [-0.2, 0) is 17.7 Å². The van der Waals surface area contributed by atoms with Crippen LogP contribution >= 0.6 is 0 Å². The van der Waals surface area contributed by atoms with Crippen LogP contribution in [0.15, 0.2) is 96.7 Å². The Labute approximate surface area is 185 Å². The molecule has 32 heavy (non-hydrogen) atoms. The molecule has 3 aromatic rings. The third-order valence-electron chi connectivity index (χ3n) is 5.28. The minimum absolute atomic E-state index is 0.0563. The Hall–Kier alpha value is -3.97. The number of nitro benzene ring substituents is 1. The number of hydroxylamine groups is 1. The lowest BCUT2D eigenvalue weighted by atomic mass is 9.99. The first-order valence-electron chi connectivity index (χ1n) is 10.3. The molecule has 0 spiro atoms. The molecule has 4 rings (SSSR count). The zero-order chi connectivity index (χ0) is 22.3. The van der Waals surface area contributed by atoms with Gasteiger partial charge in [0, 0.05) is 29.8 Å². The first kappa shape index (κ1) is 21.3. The van der Waals surface area contributed by atoms with Gasteiger partial charge in [-0.15, -0.1) is 0 Å². The number of non-ortho nitro benzene ring substituents is 1. The Morgan fingerprint density at radius 2 is 1.59 bits per heavy atom. The quantitative estimate of drug-likeness (QED) is 0.418. The summed E-state index contributed by atoms with van der Waals surface area (Å²) >= 11 is 0. The van der Waals surface area contributed by atoms with Crippen LogP contribution in [0.2, 0.25) is 0 Å². The fourth-order valence-electron chi connectivity index (χ4n) is 3.62. The van der Waals surface area contributed by atoms with Gasteiger partial charge in [-0.3, -0.25) is 25.2 Å². The van der Waals surface area contributed by atoms with Crippen molar-refractivity contribution >= 4 is 11.6 Å². The molecule has 0 bridgehead atoms. The third kappa shape index (κ3) is 5.39. The van der Waals surface area contributed by atoms with Gasteiger partial charge in [-0.25, -0.2) is 0 Å². The van der Waals surface area contributed by atoms with E-state index in [0.29, 0.717) is 18.4 Å². The van der Waals surface area contributed by atoms with E-state index in [4.69, 9.17) is 4.84 Å². The zero-order valence-electron chi connectivity index (χ0n) is 17.3. The highest BCUT2D eigenvalue weighted by Gasteiger charge is 2.28. The average Bonchev–Trinajstić information content (AvgIpc) is 3.28. The normalized spacial score (nSPS) is 16.0. The van der Waals surface area contributed by atoms with E-state index in [-0.39, 0.29) is 23.7 Å². The summed E-state index contributed by atoms with van der Waals surface area (Å²) in [6.45, 7) is 0. The Morgan fingerprint density at radius 1 is 0.969 bits per heavy atom. The molecule has 7 nitrogen and oxygen atoms in total. The van der Waals surface area contributed by atoms with Crippen LogP contribution in [-0.4, -0.2) is 23.0 Å². The van der Waals surface area contributed by atoms with Gasteiger partial charge >= 0.3 is 0 Å². The van der Waals surface area contributed by atoms with Crippen LogP contribution in [0.3, 0.4) is 0 Å². The van der Waals surface area contributed by atoms with Crippen LogP contribution in [0.1, 0.15) is 21.5 Å². The molecule has 0 saturated heterocycles. The highest BCUT2D eigenvalue weighted by molar-refractivity contribution is 5.94. The summed E-state index contributed by atoms with van der Waals surface area (Å²) in [5.74, 6) is -0.311. The molecule has 162 valence electrons. The van der Waals surface area contributed by atoms with Gasteiger partial charge in [0.25, 0.3) is 11.6 Å². The Kier molecular flexibility index (Phi) is 6.57. The van der Waals surface area contributed by atoms with E-state index in [1.165, 1.54) is 24.3 Å². The van der Waals surface area contributed by atoms with Crippen molar-refractivity contribution in [1.29, 1.82) is 0 Å². The number of hydrogen-bond donors (Lipinski definition) is 2. The minimum Gasteiger partial charge on any atom is -0.346 e. The number of carbonyl (C=O) groups is 1. The Morgan fingerprint density at radius 3 is 2.22 bits per heavy atom. The van der Waals surface area contributed by atoms with Crippen molar-refractivity contribution < 1.29 is 14.6 Å². The second kappa shape index (κ2) is 9.89. The molecule has 1 aliphatic heterocycles. The number of nitro groups is 1. The van der Waals surface area contributed by atoms with E-state index in [2.05, 4.69) is 10.8 Å². The molecular weight excluding hydrogens is 406 g/mol. The number of nitrogens with one attached hydrogen (secondary N) is 2. The number of nitrogens with zero attached hydrogens (tertiary/aromatic N) is 1. The molecule has 1 heterocycles. The first-order valence-corrected chi connectivity index (χ1v) is 10.3. The van der Waals surface area contributed by atoms with E-state index in [9.17, 15) is 14.9 Å². The molecule has 7 heteroatoms. The van der Waals surface area contributed by atoms with E-state index >= 15 is 0 Å². The van der Waals surface area contributed by atoms with E-state index < -0.39 is 4.92 Å². The molecule has 1 amide bonds. The molecule has 2 N–H and O–H groups in total. The summed E-state index contributed by atoms with van der Waals surface area (Å²) < 4.78 is 0.